The van der Waals surface area contributed by atoms with Crippen molar-refractivity contribution in [2.45, 2.75) is 25.8 Å². The van der Waals surface area contributed by atoms with Gasteiger partial charge in [0.25, 0.3) is 0 Å². The van der Waals surface area contributed by atoms with Gasteiger partial charge < -0.3 is 10.6 Å². The Morgan fingerprint density at radius 1 is 1.38 bits per heavy atom. The molecule has 2 N–H and O–H groups in total. The summed E-state index contributed by atoms with van der Waals surface area (Å²) >= 11 is 0. The molecule has 3 nitrogen and oxygen atoms in total. The quantitative estimate of drug-likeness (QED) is 0.795. The molecule has 1 unspecified atom stereocenters. The SMILES string of the molecule is Cc1cccc(CCC2NCCNC2=O)c1. The average Bonchev–Trinajstić information content (AvgIpc) is 2.28. The molecule has 3 heteroatoms. The van der Waals surface area contributed by atoms with Crippen LogP contribution in [0.1, 0.15) is 17.5 Å². The molecule has 1 amide bonds. The Hall–Kier alpha value is -1.35. The lowest BCUT2D eigenvalue weighted by Crippen LogP contribution is -2.52. The summed E-state index contributed by atoms with van der Waals surface area (Å²) in [6, 6.07) is 8.44. The van der Waals surface area contributed by atoms with Gasteiger partial charge in [-0.2, -0.15) is 0 Å². The summed E-state index contributed by atoms with van der Waals surface area (Å²) in [6.45, 7) is 3.72. The maximum absolute atomic E-state index is 11.5. The third-order valence-electron chi connectivity index (χ3n) is 2.94. The van der Waals surface area contributed by atoms with Crippen LogP contribution in [0.3, 0.4) is 0 Å². The molecule has 0 saturated carbocycles. The van der Waals surface area contributed by atoms with Gasteiger partial charge in [0.1, 0.15) is 0 Å². The zero-order chi connectivity index (χ0) is 11.4. The molecule has 1 saturated heterocycles. The zero-order valence-corrected chi connectivity index (χ0v) is 9.62. The van der Waals surface area contributed by atoms with Crippen molar-refractivity contribution in [1.29, 1.82) is 0 Å². The molecule has 1 aliphatic rings. The van der Waals surface area contributed by atoms with E-state index in [0.29, 0.717) is 0 Å². The highest BCUT2D eigenvalue weighted by molar-refractivity contribution is 5.82. The minimum Gasteiger partial charge on any atom is -0.353 e. The van der Waals surface area contributed by atoms with E-state index in [4.69, 9.17) is 0 Å². The fourth-order valence-corrected chi connectivity index (χ4v) is 2.06. The summed E-state index contributed by atoms with van der Waals surface area (Å²) in [5.41, 5.74) is 2.58. The van der Waals surface area contributed by atoms with Crippen molar-refractivity contribution in [2.75, 3.05) is 13.1 Å². The highest BCUT2D eigenvalue weighted by Gasteiger charge is 2.20. The number of benzene rings is 1. The van der Waals surface area contributed by atoms with E-state index in [-0.39, 0.29) is 11.9 Å². The third kappa shape index (κ3) is 2.83. The number of amides is 1. The van der Waals surface area contributed by atoms with Crippen LogP contribution in [0.2, 0.25) is 0 Å². The molecule has 0 aliphatic carbocycles. The lowest BCUT2D eigenvalue weighted by molar-refractivity contribution is -0.124. The van der Waals surface area contributed by atoms with Crippen LogP contribution in [0, 0.1) is 6.92 Å². The fraction of sp³-hybridized carbons (Fsp3) is 0.462. The van der Waals surface area contributed by atoms with E-state index in [9.17, 15) is 4.79 Å². The standard InChI is InChI=1S/C13H18N2O/c1-10-3-2-4-11(9-10)5-6-12-13(16)15-8-7-14-12/h2-4,9,12,14H,5-8H2,1H3,(H,15,16). The topological polar surface area (TPSA) is 41.1 Å². The molecule has 0 aromatic heterocycles. The van der Waals surface area contributed by atoms with Crippen LogP contribution in [0.15, 0.2) is 24.3 Å². The van der Waals surface area contributed by atoms with Crippen LogP contribution in [-0.2, 0) is 11.2 Å². The molecule has 1 aliphatic heterocycles. The Kier molecular flexibility index (Phi) is 3.57. The van der Waals surface area contributed by atoms with Crippen LogP contribution >= 0.6 is 0 Å². The minimum absolute atomic E-state index is 0.0192. The third-order valence-corrected chi connectivity index (χ3v) is 2.94. The van der Waals surface area contributed by atoms with E-state index in [0.717, 1.165) is 25.9 Å². The smallest absolute Gasteiger partial charge is 0.237 e. The maximum Gasteiger partial charge on any atom is 0.237 e. The second-order valence-electron chi connectivity index (χ2n) is 4.33. The Morgan fingerprint density at radius 3 is 3.00 bits per heavy atom. The Balaban J connectivity index is 1.89. The van der Waals surface area contributed by atoms with E-state index in [1.807, 2.05) is 0 Å². The number of hydrogen-bond donors (Lipinski definition) is 2. The lowest BCUT2D eigenvalue weighted by Gasteiger charge is -2.23. The molecule has 1 heterocycles. The molecule has 0 spiro atoms. The number of nitrogens with one attached hydrogen (secondary N) is 2. The van der Waals surface area contributed by atoms with E-state index in [1.165, 1.54) is 11.1 Å². The first-order valence-corrected chi connectivity index (χ1v) is 5.82. The van der Waals surface area contributed by atoms with Crippen LogP contribution in [0.4, 0.5) is 0 Å². The van der Waals surface area contributed by atoms with Crippen molar-refractivity contribution < 1.29 is 4.79 Å². The molecule has 1 fully saturated rings. The second-order valence-corrected chi connectivity index (χ2v) is 4.33. The number of aryl methyl sites for hydroxylation is 2. The Morgan fingerprint density at radius 2 is 2.25 bits per heavy atom. The predicted molar refractivity (Wildman–Crippen MR) is 64.3 cm³/mol. The molecule has 1 aromatic carbocycles. The van der Waals surface area contributed by atoms with Crippen molar-refractivity contribution in [2.24, 2.45) is 0 Å². The first-order chi connectivity index (χ1) is 7.75. The number of carbonyl (C=O) groups is 1. The molecule has 16 heavy (non-hydrogen) atoms. The number of hydrogen-bond acceptors (Lipinski definition) is 2. The second kappa shape index (κ2) is 5.12. The highest BCUT2D eigenvalue weighted by atomic mass is 16.2. The Bertz CT molecular complexity index is 376. The molecular formula is C13H18N2O. The number of rotatable bonds is 3. The summed E-state index contributed by atoms with van der Waals surface area (Å²) in [6.07, 6.45) is 1.82. The van der Waals surface area contributed by atoms with Gasteiger partial charge in [0.05, 0.1) is 6.04 Å². The predicted octanol–water partition coefficient (Wildman–Crippen LogP) is 1.02. The average molecular weight is 218 g/mol. The van der Waals surface area contributed by atoms with Gasteiger partial charge in [0.2, 0.25) is 5.91 Å². The van der Waals surface area contributed by atoms with Gasteiger partial charge in [-0.25, -0.2) is 0 Å². The highest BCUT2D eigenvalue weighted by Crippen LogP contribution is 2.08. The van der Waals surface area contributed by atoms with E-state index in [1.54, 1.807) is 0 Å². The largest absolute Gasteiger partial charge is 0.353 e. The summed E-state index contributed by atoms with van der Waals surface area (Å²) in [7, 11) is 0. The van der Waals surface area contributed by atoms with Gasteiger partial charge in [-0.1, -0.05) is 29.8 Å². The molecule has 1 aromatic rings. The fourth-order valence-electron chi connectivity index (χ4n) is 2.06. The summed E-state index contributed by atoms with van der Waals surface area (Å²) in [5.74, 6) is 0.138. The van der Waals surface area contributed by atoms with Crippen LogP contribution in [0.25, 0.3) is 0 Å². The van der Waals surface area contributed by atoms with Crippen molar-refractivity contribution in [3.8, 4) is 0 Å². The minimum atomic E-state index is -0.0192. The van der Waals surface area contributed by atoms with E-state index in [2.05, 4.69) is 41.8 Å². The van der Waals surface area contributed by atoms with Gasteiger partial charge in [0.15, 0.2) is 0 Å². The molecule has 0 radical (unpaired) electrons. The van der Waals surface area contributed by atoms with Gasteiger partial charge >= 0.3 is 0 Å². The van der Waals surface area contributed by atoms with Crippen molar-refractivity contribution in [3.05, 3.63) is 35.4 Å². The van der Waals surface area contributed by atoms with Gasteiger partial charge in [-0.15, -0.1) is 0 Å². The number of carbonyl (C=O) groups excluding carboxylic acids is 1. The number of piperazine rings is 1. The maximum atomic E-state index is 11.5. The van der Waals surface area contributed by atoms with Crippen molar-refractivity contribution >= 4 is 5.91 Å². The van der Waals surface area contributed by atoms with Crippen LogP contribution < -0.4 is 10.6 Å². The zero-order valence-electron chi connectivity index (χ0n) is 9.62. The van der Waals surface area contributed by atoms with E-state index >= 15 is 0 Å². The Labute approximate surface area is 96.2 Å². The van der Waals surface area contributed by atoms with Gasteiger partial charge in [-0.3, -0.25) is 4.79 Å². The lowest BCUT2D eigenvalue weighted by atomic mass is 10.0. The van der Waals surface area contributed by atoms with Crippen LogP contribution in [0.5, 0.6) is 0 Å². The van der Waals surface area contributed by atoms with E-state index < -0.39 is 0 Å². The normalized spacial score (nSPS) is 20.6. The van der Waals surface area contributed by atoms with Gasteiger partial charge in [0, 0.05) is 13.1 Å². The molecule has 2 rings (SSSR count). The van der Waals surface area contributed by atoms with Gasteiger partial charge in [-0.05, 0) is 25.3 Å². The summed E-state index contributed by atoms with van der Waals surface area (Å²) in [5, 5.41) is 6.12. The first kappa shape index (κ1) is 11.1. The molecule has 1 atom stereocenters. The molecular weight excluding hydrogens is 200 g/mol. The molecule has 86 valence electrons. The molecule has 0 bridgehead atoms. The summed E-state index contributed by atoms with van der Waals surface area (Å²) < 4.78 is 0. The first-order valence-electron chi connectivity index (χ1n) is 5.82. The summed E-state index contributed by atoms with van der Waals surface area (Å²) in [4.78, 5) is 11.5. The van der Waals surface area contributed by atoms with Crippen LogP contribution in [-0.4, -0.2) is 25.0 Å². The van der Waals surface area contributed by atoms with Crippen molar-refractivity contribution in [1.82, 2.24) is 10.6 Å². The van der Waals surface area contributed by atoms with Crippen molar-refractivity contribution in [3.63, 3.8) is 0 Å². The monoisotopic (exact) mass is 218 g/mol.